The molecule has 3 rings (SSSR count). The molecule has 0 spiro atoms. The average Bonchev–Trinajstić information content (AvgIpc) is 2.68. The lowest BCUT2D eigenvalue weighted by Gasteiger charge is -2.32. The van der Waals surface area contributed by atoms with Crippen LogP contribution in [0.4, 0.5) is 4.39 Å². The number of piperidine rings is 1. The molecule has 0 saturated carbocycles. The highest BCUT2D eigenvalue weighted by molar-refractivity contribution is 6.04. The number of benzene rings is 2. The third-order valence-electron chi connectivity index (χ3n) is 4.62. The normalized spacial score (nSPS) is 14.6. The number of carbonyl (C=O) groups excluding carboxylic acids is 2. The average molecular weight is 370 g/mol. The molecule has 1 aliphatic rings. The first-order valence-corrected chi connectivity index (χ1v) is 8.64. The van der Waals surface area contributed by atoms with Crippen LogP contribution < -0.4 is 5.32 Å². The van der Waals surface area contributed by atoms with Gasteiger partial charge in [-0.1, -0.05) is 24.3 Å². The minimum Gasteiger partial charge on any atom is -0.478 e. The molecule has 2 aromatic carbocycles. The Morgan fingerprint density at radius 1 is 0.926 bits per heavy atom. The zero-order chi connectivity index (χ0) is 19.4. The second-order valence-electron chi connectivity index (χ2n) is 6.37. The minimum absolute atomic E-state index is 0.0374. The number of carboxylic acids is 1. The van der Waals surface area contributed by atoms with Gasteiger partial charge in [-0.25, -0.2) is 9.18 Å². The number of hydrogen-bond acceptors (Lipinski definition) is 3. The van der Waals surface area contributed by atoms with Crippen LogP contribution in [0.15, 0.2) is 48.5 Å². The molecule has 0 bridgehead atoms. The highest BCUT2D eigenvalue weighted by Crippen LogP contribution is 2.17. The Hall–Kier alpha value is -3.22. The number of rotatable bonds is 4. The third kappa shape index (κ3) is 4.13. The standard InChI is InChI=1S/C20H19FN2O4/c21-17-8-4-3-7-16(17)19(25)23-11-9-13(10-12-23)22-18(24)14-5-1-2-6-15(14)20(26)27/h1-8,13H,9-12H2,(H,22,24)(H,26,27). The molecular weight excluding hydrogens is 351 g/mol. The lowest BCUT2D eigenvalue weighted by molar-refractivity contribution is 0.0673. The molecule has 0 aliphatic carbocycles. The number of likely N-dealkylation sites (tertiary alicyclic amines) is 1. The van der Waals surface area contributed by atoms with Crippen molar-refractivity contribution in [2.24, 2.45) is 0 Å². The number of aromatic carboxylic acids is 1. The van der Waals surface area contributed by atoms with Gasteiger partial charge < -0.3 is 15.3 Å². The summed E-state index contributed by atoms with van der Waals surface area (Å²) in [5.74, 6) is -2.53. The van der Waals surface area contributed by atoms with E-state index in [2.05, 4.69) is 5.32 Å². The van der Waals surface area contributed by atoms with Gasteiger partial charge in [0.15, 0.2) is 0 Å². The van der Waals surface area contributed by atoms with Crippen molar-refractivity contribution in [3.05, 3.63) is 71.0 Å². The van der Waals surface area contributed by atoms with Crippen molar-refractivity contribution in [1.29, 1.82) is 0 Å². The summed E-state index contributed by atoms with van der Waals surface area (Å²) in [7, 11) is 0. The van der Waals surface area contributed by atoms with Crippen molar-refractivity contribution >= 4 is 17.8 Å². The fourth-order valence-electron chi connectivity index (χ4n) is 3.16. The fourth-order valence-corrected chi connectivity index (χ4v) is 3.16. The molecular formula is C20H19FN2O4. The molecule has 0 unspecified atom stereocenters. The maximum Gasteiger partial charge on any atom is 0.336 e. The smallest absolute Gasteiger partial charge is 0.336 e. The molecule has 2 N–H and O–H groups in total. The number of carboxylic acid groups (broad SMARTS) is 1. The van der Waals surface area contributed by atoms with Gasteiger partial charge in [0, 0.05) is 19.1 Å². The van der Waals surface area contributed by atoms with Gasteiger partial charge in [0.25, 0.3) is 11.8 Å². The highest BCUT2D eigenvalue weighted by Gasteiger charge is 2.27. The molecule has 6 nitrogen and oxygen atoms in total. The quantitative estimate of drug-likeness (QED) is 0.866. The molecule has 7 heteroatoms. The van der Waals surface area contributed by atoms with E-state index in [-0.39, 0.29) is 28.6 Å². The number of halogens is 1. The highest BCUT2D eigenvalue weighted by atomic mass is 19.1. The van der Waals surface area contributed by atoms with Crippen molar-refractivity contribution in [1.82, 2.24) is 10.2 Å². The van der Waals surface area contributed by atoms with Crippen molar-refractivity contribution in [3.63, 3.8) is 0 Å². The van der Waals surface area contributed by atoms with Crippen LogP contribution in [0.3, 0.4) is 0 Å². The Morgan fingerprint density at radius 2 is 1.48 bits per heavy atom. The molecule has 1 aliphatic heterocycles. The number of nitrogens with zero attached hydrogens (tertiary/aromatic N) is 1. The Kier molecular flexibility index (Phi) is 5.49. The Bertz CT molecular complexity index is 876. The summed E-state index contributed by atoms with van der Waals surface area (Å²) in [6.07, 6.45) is 1.03. The van der Waals surface area contributed by atoms with E-state index < -0.39 is 17.7 Å². The first kappa shape index (κ1) is 18.6. The van der Waals surface area contributed by atoms with Crippen LogP contribution in [-0.2, 0) is 0 Å². The summed E-state index contributed by atoms with van der Waals surface area (Å²) in [6, 6.07) is 11.7. The summed E-state index contributed by atoms with van der Waals surface area (Å²) in [5, 5.41) is 12.0. The summed E-state index contributed by atoms with van der Waals surface area (Å²) < 4.78 is 13.8. The summed E-state index contributed by atoms with van der Waals surface area (Å²) in [4.78, 5) is 37.6. The maximum atomic E-state index is 13.8. The Morgan fingerprint density at radius 3 is 2.07 bits per heavy atom. The largest absolute Gasteiger partial charge is 0.478 e. The molecule has 0 radical (unpaired) electrons. The van der Waals surface area contributed by atoms with E-state index in [1.54, 1.807) is 23.1 Å². The number of hydrogen-bond donors (Lipinski definition) is 2. The predicted molar refractivity (Wildman–Crippen MR) is 96.2 cm³/mol. The minimum atomic E-state index is -1.16. The van der Waals surface area contributed by atoms with E-state index in [4.69, 9.17) is 0 Å². The van der Waals surface area contributed by atoms with Gasteiger partial charge in [0.05, 0.1) is 16.7 Å². The van der Waals surface area contributed by atoms with Gasteiger partial charge in [-0.15, -0.1) is 0 Å². The fraction of sp³-hybridized carbons (Fsp3) is 0.250. The van der Waals surface area contributed by atoms with Gasteiger partial charge in [-0.3, -0.25) is 9.59 Å². The van der Waals surface area contributed by atoms with E-state index >= 15 is 0 Å². The number of carbonyl (C=O) groups is 3. The topological polar surface area (TPSA) is 86.7 Å². The number of amides is 2. The summed E-state index contributed by atoms with van der Waals surface area (Å²) in [6.45, 7) is 0.775. The summed E-state index contributed by atoms with van der Waals surface area (Å²) >= 11 is 0. The first-order chi connectivity index (χ1) is 13.0. The van der Waals surface area contributed by atoms with Crippen LogP contribution >= 0.6 is 0 Å². The van der Waals surface area contributed by atoms with Crippen LogP contribution in [0.25, 0.3) is 0 Å². The molecule has 0 aromatic heterocycles. The van der Waals surface area contributed by atoms with Crippen LogP contribution in [-0.4, -0.2) is 46.9 Å². The monoisotopic (exact) mass is 370 g/mol. The zero-order valence-corrected chi connectivity index (χ0v) is 14.5. The van der Waals surface area contributed by atoms with Crippen molar-refractivity contribution in [2.45, 2.75) is 18.9 Å². The molecule has 1 heterocycles. The van der Waals surface area contributed by atoms with Crippen molar-refractivity contribution in [3.8, 4) is 0 Å². The van der Waals surface area contributed by atoms with Gasteiger partial charge in [0.1, 0.15) is 5.82 Å². The molecule has 1 saturated heterocycles. The summed E-state index contributed by atoms with van der Waals surface area (Å²) in [5.41, 5.74) is 0.0902. The SMILES string of the molecule is O=C(O)c1ccccc1C(=O)NC1CCN(C(=O)c2ccccc2F)CC1. The van der Waals surface area contributed by atoms with Crippen LogP contribution in [0.2, 0.25) is 0 Å². The maximum absolute atomic E-state index is 13.8. The third-order valence-corrected chi connectivity index (χ3v) is 4.62. The van der Waals surface area contributed by atoms with Gasteiger partial charge in [-0.2, -0.15) is 0 Å². The molecule has 2 aromatic rings. The second kappa shape index (κ2) is 7.99. The molecule has 1 fully saturated rings. The second-order valence-corrected chi connectivity index (χ2v) is 6.37. The molecule has 140 valence electrons. The Balaban J connectivity index is 1.60. The molecule has 0 atom stereocenters. The van der Waals surface area contributed by atoms with E-state index in [1.165, 1.54) is 30.3 Å². The van der Waals surface area contributed by atoms with Crippen LogP contribution in [0, 0.1) is 5.82 Å². The molecule has 2 amide bonds. The van der Waals surface area contributed by atoms with E-state index in [0.717, 1.165) is 0 Å². The zero-order valence-electron chi connectivity index (χ0n) is 14.5. The van der Waals surface area contributed by atoms with E-state index in [9.17, 15) is 23.9 Å². The van der Waals surface area contributed by atoms with Crippen molar-refractivity contribution < 1.29 is 23.9 Å². The van der Waals surface area contributed by atoms with Crippen LogP contribution in [0.5, 0.6) is 0 Å². The lowest BCUT2D eigenvalue weighted by atomic mass is 10.0. The van der Waals surface area contributed by atoms with E-state index in [1.807, 2.05) is 0 Å². The predicted octanol–water partition coefficient (Wildman–Crippen LogP) is 2.56. The van der Waals surface area contributed by atoms with Crippen molar-refractivity contribution in [2.75, 3.05) is 13.1 Å². The van der Waals surface area contributed by atoms with Gasteiger partial charge in [0.2, 0.25) is 0 Å². The Labute approximate surface area is 155 Å². The first-order valence-electron chi connectivity index (χ1n) is 8.64. The lowest BCUT2D eigenvalue weighted by Crippen LogP contribution is -2.46. The molecule has 27 heavy (non-hydrogen) atoms. The van der Waals surface area contributed by atoms with Gasteiger partial charge in [-0.05, 0) is 37.1 Å². The van der Waals surface area contributed by atoms with Gasteiger partial charge >= 0.3 is 5.97 Å². The van der Waals surface area contributed by atoms with E-state index in [0.29, 0.717) is 25.9 Å². The number of nitrogens with one attached hydrogen (secondary N) is 1. The van der Waals surface area contributed by atoms with Crippen LogP contribution in [0.1, 0.15) is 43.9 Å².